The first-order chi connectivity index (χ1) is 10.0. The van der Waals surface area contributed by atoms with E-state index in [2.05, 4.69) is 53.3 Å². The molecule has 21 heavy (non-hydrogen) atoms. The molecule has 0 saturated carbocycles. The van der Waals surface area contributed by atoms with Crippen LogP contribution < -0.4 is 10.6 Å². The third-order valence-corrected chi connectivity index (χ3v) is 3.41. The smallest absolute Gasteiger partial charge is 0.191 e. The van der Waals surface area contributed by atoms with Gasteiger partial charge in [0.25, 0.3) is 0 Å². The van der Waals surface area contributed by atoms with Crippen molar-refractivity contribution in [1.82, 2.24) is 25.3 Å². The van der Waals surface area contributed by atoms with E-state index in [-0.39, 0.29) is 0 Å². The monoisotopic (exact) mass is 294 g/mol. The maximum atomic E-state index is 4.24. The molecule has 0 aliphatic carbocycles. The quantitative estimate of drug-likeness (QED) is 0.558. The van der Waals surface area contributed by atoms with E-state index in [4.69, 9.17) is 0 Å². The standard InChI is InChI=1S/C15H30N6/c1-13(2)21(14(3)4)12-9-18-15(16-5)17-8-11-20-10-6-7-19-20/h6-7,10,13-14H,8-9,11-12H2,1-5H3,(H2,16,17,18). The molecular formula is C15H30N6. The number of nitrogens with one attached hydrogen (secondary N) is 2. The third kappa shape index (κ3) is 6.62. The molecule has 0 aliphatic rings. The molecule has 0 spiro atoms. The van der Waals surface area contributed by atoms with Crippen LogP contribution in [0.1, 0.15) is 27.7 Å². The van der Waals surface area contributed by atoms with Crippen LogP contribution in [-0.2, 0) is 6.54 Å². The average Bonchev–Trinajstić information content (AvgIpc) is 2.93. The van der Waals surface area contributed by atoms with Crippen molar-refractivity contribution in [3.63, 3.8) is 0 Å². The molecule has 0 radical (unpaired) electrons. The highest BCUT2D eigenvalue weighted by Gasteiger charge is 2.12. The van der Waals surface area contributed by atoms with Crippen LogP contribution in [-0.4, -0.2) is 59.4 Å². The Kier molecular flexibility index (Phi) is 7.82. The number of aliphatic imine (C=N–C) groups is 1. The normalized spacial score (nSPS) is 12.5. The van der Waals surface area contributed by atoms with Crippen LogP contribution in [0, 0.1) is 0 Å². The molecule has 0 atom stereocenters. The van der Waals surface area contributed by atoms with Gasteiger partial charge in [0.1, 0.15) is 0 Å². The molecule has 0 saturated heterocycles. The van der Waals surface area contributed by atoms with E-state index >= 15 is 0 Å². The Hall–Kier alpha value is -1.56. The van der Waals surface area contributed by atoms with E-state index in [1.54, 1.807) is 13.2 Å². The molecule has 1 aromatic heterocycles. The fourth-order valence-electron chi connectivity index (χ4n) is 2.36. The molecule has 0 amide bonds. The van der Waals surface area contributed by atoms with Crippen molar-refractivity contribution in [2.24, 2.45) is 4.99 Å². The summed E-state index contributed by atoms with van der Waals surface area (Å²) in [5, 5.41) is 10.8. The van der Waals surface area contributed by atoms with Crippen molar-refractivity contribution in [1.29, 1.82) is 0 Å². The number of aromatic nitrogens is 2. The maximum Gasteiger partial charge on any atom is 0.191 e. The van der Waals surface area contributed by atoms with Gasteiger partial charge in [0.2, 0.25) is 0 Å². The first kappa shape index (κ1) is 17.5. The second-order valence-electron chi connectivity index (χ2n) is 5.62. The Morgan fingerprint density at radius 2 is 1.86 bits per heavy atom. The lowest BCUT2D eigenvalue weighted by atomic mass is 10.2. The zero-order valence-corrected chi connectivity index (χ0v) is 14.0. The number of hydrogen-bond acceptors (Lipinski definition) is 3. The van der Waals surface area contributed by atoms with E-state index in [1.165, 1.54) is 0 Å². The third-order valence-electron chi connectivity index (χ3n) is 3.41. The van der Waals surface area contributed by atoms with Crippen molar-refractivity contribution in [3.8, 4) is 0 Å². The van der Waals surface area contributed by atoms with E-state index in [0.29, 0.717) is 12.1 Å². The van der Waals surface area contributed by atoms with Crippen molar-refractivity contribution in [2.75, 3.05) is 26.7 Å². The van der Waals surface area contributed by atoms with Crippen molar-refractivity contribution in [2.45, 2.75) is 46.3 Å². The van der Waals surface area contributed by atoms with Crippen molar-refractivity contribution < 1.29 is 0 Å². The van der Waals surface area contributed by atoms with Crippen LogP contribution in [0.15, 0.2) is 23.5 Å². The predicted octanol–water partition coefficient (Wildman–Crippen LogP) is 1.17. The second kappa shape index (κ2) is 9.39. The first-order valence-corrected chi connectivity index (χ1v) is 7.72. The summed E-state index contributed by atoms with van der Waals surface area (Å²) < 4.78 is 1.90. The van der Waals surface area contributed by atoms with Crippen molar-refractivity contribution >= 4 is 5.96 Å². The van der Waals surface area contributed by atoms with Crippen LogP contribution in [0.4, 0.5) is 0 Å². The lowest BCUT2D eigenvalue weighted by Gasteiger charge is -2.30. The molecule has 1 aromatic rings. The molecule has 6 heteroatoms. The highest BCUT2D eigenvalue weighted by Crippen LogP contribution is 2.03. The number of nitrogens with zero attached hydrogens (tertiary/aromatic N) is 4. The minimum absolute atomic E-state index is 0.557. The van der Waals surface area contributed by atoms with Gasteiger partial charge in [0, 0.05) is 51.2 Å². The molecule has 1 heterocycles. The van der Waals surface area contributed by atoms with Crippen LogP contribution in [0.5, 0.6) is 0 Å². The Bertz CT molecular complexity index is 388. The first-order valence-electron chi connectivity index (χ1n) is 7.72. The van der Waals surface area contributed by atoms with Gasteiger partial charge in [-0.25, -0.2) is 0 Å². The van der Waals surface area contributed by atoms with Crippen LogP contribution in [0.25, 0.3) is 0 Å². The van der Waals surface area contributed by atoms with E-state index in [1.807, 2.05) is 16.9 Å². The second-order valence-corrected chi connectivity index (χ2v) is 5.62. The summed E-state index contributed by atoms with van der Waals surface area (Å²) in [4.78, 5) is 6.70. The molecule has 0 fully saturated rings. The fourth-order valence-corrected chi connectivity index (χ4v) is 2.36. The summed E-state index contributed by atoms with van der Waals surface area (Å²) in [6.07, 6.45) is 3.75. The van der Waals surface area contributed by atoms with Gasteiger partial charge in [-0.2, -0.15) is 5.10 Å². The Labute approximate surface area is 128 Å². The summed E-state index contributed by atoms with van der Waals surface area (Å²) in [5.74, 6) is 0.842. The zero-order chi connectivity index (χ0) is 15.7. The molecule has 0 unspecified atom stereocenters. The average molecular weight is 294 g/mol. The minimum atomic E-state index is 0.557. The molecule has 2 N–H and O–H groups in total. The van der Waals surface area contributed by atoms with E-state index < -0.39 is 0 Å². The highest BCUT2D eigenvalue weighted by molar-refractivity contribution is 5.79. The maximum absolute atomic E-state index is 4.24. The summed E-state index contributed by atoms with van der Waals surface area (Å²) in [6, 6.07) is 3.04. The van der Waals surface area contributed by atoms with Gasteiger partial charge in [0.15, 0.2) is 5.96 Å². The van der Waals surface area contributed by atoms with Gasteiger partial charge in [0.05, 0.1) is 6.54 Å². The topological polar surface area (TPSA) is 57.5 Å². The minimum Gasteiger partial charge on any atom is -0.355 e. The van der Waals surface area contributed by atoms with E-state index in [9.17, 15) is 0 Å². The highest BCUT2D eigenvalue weighted by atomic mass is 15.3. The van der Waals surface area contributed by atoms with Crippen LogP contribution >= 0.6 is 0 Å². The predicted molar refractivity (Wildman–Crippen MR) is 88.6 cm³/mol. The molecule has 6 nitrogen and oxygen atoms in total. The van der Waals surface area contributed by atoms with Gasteiger partial charge >= 0.3 is 0 Å². The SMILES string of the molecule is CN=C(NCCN(C(C)C)C(C)C)NCCn1cccn1. The van der Waals surface area contributed by atoms with Crippen LogP contribution in [0.3, 0.4) is 0 Å². The van der Waals surface area contributed by atoms with Gasteiger partial charge < -0.3 is 10.6 Å². The van der Waals surface area contributed by atoms with Gasteiger partial charge in [-0.15, -0.1) is 0 Å². The fraction of sp³-hybridized carbons (Fsp3) is 0.733. The lowest BCUT2D eigenvalue weighted by molar-refractivity contribution is 0.178. The molecular weight excluding hydrogens is 264 g/mol. The largest absolute Gasteiger partial charge is 0.355 e. The van der Waals surface area contributed by atoms with Crippen LogP contribution in [0.2, 0.25) is 0 Å². The van der Waals surface area contributed by atoms with Gasteiger partial charge in [-0.05, 0) is 33.8 Å². The summed E-state index contributed by atoms with van der Waals surface area (Å²) in [5.41, 5.74) is 0. The molecule has 0 aromatic carbocycles. The number of hydrogen-bond donors (Lipinski definition) is 2. The van der Waals surface area contributed by atoms with E-state index in [0.717, 1.165) is 32.1 Å². The van der Waals surface area contributed by atoms with Crippen molar-refractivity contribution in [3.05, 3.63) is 18.5 Å². The Balaban J connectivity index is 2.24. The molecule has 120 valence electrons. The van der Waals surface area contributed by atoms with Gasteiger partial charge in [-0.1, -0.05) is 0 Å². The Morgan fingerprint density at radius 3 is 2.38 bits per heavy atom. The molecule has 1 rings (SSSR count). The summed E-state index contributed by atoms with van der Waals surface area (Å²) in [6.45, 7) is 12.5. The Morgan fingerprint density at radius 1 is 1.19 bits per heavy atom. The van der Waals surface area contributed by atoms with Gasteiger partial charge in [-0.3, -0.25) is 14.6 Å². The number of rotatable bonds is 8. The number of guanidine groups is 1. The summed E-state index contributed by atoms with van der Waals surface area (Å²) in [7, 11) is 1.80. The molecule has 0 aliphatic heterocycles. The summed E-state index contributed by atoms with van der Waals surface area (Å²) >= 11 is 0. The lowest BCUT2D eigenvalue weighted by Crippen LogP contribution is -2.45. The zero-order valence-electron chi connectivity index (χ0n) is 14.0. The molecule has 0 bridgehead atoms.